The third kappa shape index (κ3) is 3.95. The third-order valence-corrected chi connectivity index (χ3v) is 3.52. The summed E-state index contributed by atoms with van der Waals surface area (Å²) in [5.41, 5.74) is 1.77. The molecule has 0 fully saturated rings. The van der Waals surface area contributed by atoms with Crippen LogP contribution in [0.1, 0.15) is 12.0 Å². The maximum absolute atomic E-state index is 13.6. The Bertz CT molecular complexity index is 435. The van der Waals surface area contributed by atoms with Gasteiger partial charge in [-0.05, 0) is 35.8 Å². The predicted octanol–water partition coefficient (Wildman–Crippen LogP) is 4.28. The molecule has 0 radical (unpaired) electrons. The normalized spacial score (nSPS) is 15.7. The summed E-state index contributed by atoms with van der Waals surface area (Å²) in [6.45, 7) is 1.34. The van der Waals surface area contributed by atoms with Gasteiger partial charge in [-0.25, -0.2) is 4.39 Å². The van der Waals surface area contributed by atoms with E-state index in [4.69, 9.17) is 11.6 Å². The molecule has 0 atom stereocenters. The van der Waals surface area contributed by atoms with Crippen LogP contribution in [0, 0.1) is 0 Å². The van der Waals surface area contributed by atoms with Gasteiger partial charge in [0, 0.05) is 29.0 Å². The van der Waals surface area contributed by atoms with E-state index in [1.165, 1.54) is 0 Å². The largest absolute Gasteiger partial charge is 0.312 e. The summed E-state index contributed by atoms with van der Waals surface area (Å²) < 4.78 is 14.5. The minimum Gasteiger partial charge on any atom is -0.312 e. The van der Waals surface area contributed by atoms with Gasteiger partial charge < -0.3 is 5.32 Å². The van der Waals surface area contributed by atoms with E-state index in [1.54, 1.807) is 0 Å². The maximum atomic E-state index is 13.6. The first-order valence-corrected chi connectivity index (χ1v) is 6.35. The van der Waals surface area contributed by atoms with Crippen molar-refractivity contribution in [1.82, 2.24) is 5.32 Å². The van der Waals surface area contributed by atoms with E-state index < -0.39 is 0 Å². The van der Waals surface area contributed by atoms with Crippen molar-refractivity contribution in [3.05, 3.63) is 44.7 Å². The van der Waals surface area contributed by atoms with Crippen LogP contribution in [0.2, 0.25) is 5.02 Å². The van der Waals surface area contributed by atoms with Gasteiger partial charge in [0.05, 0.1) is 0 Å². The molecule has 0 amide bonds. The van der Waals surface area contributed by atoms with Crippen LogP contribution in [-0.2, 0) is 6.42 Å². The minimum absolute atomic E-state index is 0. The van der Waals surface area contributed by atoms with E-state index in [1.807, 2.05) is 18.2 Å². The van der Waals surface area contributed by atoms with Crippen molar-refractivity contribution >= 4 is 39.9 Å². The molecule has 5 heteroatoms. The summed E-state index contributed by atoms with van der Waals surface area (Å²) >= 11 is 9.47. The molecule has 1 aliphatic rings. The monoisotopic (exact) mass is 339 g/mol. The van der Waals surface area contributed by atoms with Gasteiger partial charge in [0.1, 0.15) is 5.83 Å². The Morgan fingerprint density at radius 3 is 2.88 bits per heavy atom. The lowest BCUT2D eigenvalue weighted by atomic mass is 10.0. The molecule has 0 saturated carbocycles. The molecule has 0 aromatic heterocycles. The molecule has 1 aromatic rings. The minimum atomic E-state index is 0. The summed E-state index contributed by atoms with van der Waals surface area (Å²) in [6.07, 6.45) is 1.07. The van der Waals surface area contributed by atoms with E-state index in [-0.39, 0.29) is 18.2 Å². The van der Waals surface area contributed by atoms with Crippen LogP contribution in [0.25, 0.3) is 0 Å². The summed E-state index contributed by atoms with van der Waals surface area (Å²) in [5.74, 6) is 0.00907. The molecule has 0 unspecified atom stereocenters. The molecule has 1 heterocycles. The Hall–Kier alpha value is -0.0900. The van der Waals surface area contributed by atoms with Crippen molar-refractivity contribution in [3.63, 3.8) is 0 Å². The number of rotatable bonds is 2. The molecule has 1 aliphatic heterocycles. The van der Waals surface area contributed by atoms with Crippen molar-refractivity contribution in [1.29, 1.82) is 0 Å². The van der Waals surface area contributed by atoms with Gasteiger partial charge in [0.15, 0.2) is 0 Å². The highest BCUT2D eigenvalue weighted by Crippen LogP contribution is 2.25. The fourth-order valence-corrected chi connectivity index (χ4v) is 2.37. The van der Waals surface area contributed by atoms with E-state index in [2.05, 4.69) is 21.2 Å². The van der Waals surface area contributed by atoms with Crippen LogP contribution in [0.5, 0.6) is 0 Å². The fourth-order valence-electron chi connectivity index (χ4n) is 1.78. The van der Waals surface area contributed by atoms with E-state index >= 15 is 0 Å². The number of benzene rings is 1. The lowest BCUT2D eigenvalue weighted by molar-refractivity contribution is 0.518. The predicted molar refractivity (Wildman–Crippen MR) is 75.7 cm³/mol. The van der Waals surface area contributed by atoms with Gasteiger partial charge in [-0.15, -0.1) is 12.4 Å². The smallest absolute Gasteiger partial charge is 0.102 e. The van der Waals surface area contributed by atoms with Crippen molar-refractivity contribution in [2.45, 2.75) is 12.8 Å². The molecule has 1 nitrogen and oxygen atoms in total. The first-order chi connectivity index (χ1) is 7.66. The van der Waals surface area contributed by atoms with Gasteiger partial charge in [-0.2, -0.15) is 0 Å². The number of hydrogen-bond acceptors (Lipinski definition) is 1. The SMILES string of the molecule is Cl.FC1=C(Cc2cc(Br)ccc2Cl)CNCC1. The first kappa shape index (κ1) is 15.0. The van der Waals surface area contributed by atoms with Crippen LogP contribution in [0.15, 0.2) is 34.1 Å². The van der Waals surface area contributed by atoms with Crippen LogP contribution in [-0.4, -0.2) is 13.1 Å². The molecule has 0 saturated heterocycles. The second-order valence-electron chi connectivity index (χ2n) is 3.85. The molecule has 0 bridgehead atoms. The zero-order chi connectivity index (χ0) is 11.5. The van der Waals surface area contributed by atoms with Gasteiger partial charge in [0.25, 0.3) is 0 Å². The second kappa shape index (κ2) is 6.74. The zero-order valence-electron chi connectivity index (χ0n) is 9.10. The van der Waals surface area contributed by atoms with Gasteiger partial charge in [0.2, 0.25) is 0 Å². The van der Waals surface area contributed by atoms with Crippen LogP contribution < -0.4 is 5.32 Å². The quantitative estimate of drug-likeness (QED) is 0.847. The van der Waals surface area contributed by atoms with E-state index in [0.29, 0.717) is 24.4 Å². The molecule has 0 aliphatic carbocycles. The fraction of sp³-hybridized carbons (Fsp3) is 0.333. The molecule has 2 rings (SSSR count). The molecule has 17 heavy (non-hydrogen) atoms. The van der Waals surface area contributed by atoms with Crippen molar-refractivity contribution < 1.29 is 4.39 Å². The molecule has 1 aromatic carbocycles. The highest BCUT2D eigenvalue weighted by Gasteiger charge is 2.13. The topological polar surface area (TPSA) is 12.0 Å². The highest BCUT2D eigenvalue weighted by molar-refractivity contribution is 9.10. The Labute approximate surface area is 120 Å². The number of halogens is 4. The van der Waals surface area contributed by atoms with Crippen LogP contribution in [0.4, 0.5) is 4.39 Å². The highest BCUT2D eigenvalue weighted by atomic mass is 79.9. The van der Waals surface area contributed by atoms with Gasteiger partial charge in [-0.1, -0.05) is 27.5 Å². The first-order valence-electron chi connectivity index (χ1n) is 5.18. The van der Waals surface area contributed by atoms with Crippen molar-refractivity contribution in [2.75, 3.05) is 13.1 Å². The van der Waals surface area contributed by atoms with Crippen LogP contribution in [0.3, 0.4) is 0 Å². The lowest BCUT2D eigenvalue weighted by Gasteiger charge is -2.17. The molecular weight excluding hydrogens is 328 g/mol. The Kier molecular flexibility index (Phi) is 5.93. The van der Waals surface area contributed by atoms with Crippen LogP contribution >= 0.6 is 39.9 Å². The molecule has 1 N–H and O–H groups in total. The van der Waals surface area contributed by atoms with E-state index in [0.717, 1.165) is 22.2 Å². The maximum Gasteiger partial charge on any atom is 0.102 e. The van der Waals surface area contributed by atoms with Gasteiger partial charge >= 0.3 is 0 Å². The number of hydrogen-bond donors (Lipinski definition) is 1. The van der Waals surface area contributed by atoms with E-state index in [9.17, 15) is 4.39 Å². The molecule has 94 valence electrons. The number of nitrogens with one attached hydrogen (secondary N) is 1. The standard InChI is InChI=1S/C12H12BrClFN.ClH/c13-10-1-2-11(14)8(6-10)5-9-7-16-4-3-12(9)15;/h1-2,6,16H,3-5,7H2;1H. The second-order valence-corrected chi connectivity index (χ2v) is 5.17. The third-order valence-electron chi connectivity index (χ3n) is 2.65. The summed E-state index contributed by atoms with van der Waals surface area (Å²) in [7, 11) is 0. The zero-order valence-corrected chi connectivity index (χ0v) is 12.3. The van der Waals surface area contributed by atoms with Crippen molar-refractivity contribution in [2.24, 2.45) is 0 Å². The Morgan fingerprint density at radius 2 is 2.18 bits per heavy atom. The average molecular weight is 341 g/mol. The average Bonchev–Trinajstić information content (AvgIpc) is 2.27. The Balaban J connectivity index is 0.00000144. The molecule has 0 spiro atoms. The van der Waals surface area contributed by atoms with Crippen molar-refractivity contribution in [3.8, 4) is 0 Å². The summed E-state index contributed by atoms with van der Waals surface area (Å²) in [4.78, 5) is 0. The lowest BCUT2D eigenvalue weighted by Crippen LogP contribution is -2.25. The Morgan fingerprint density at radius 1 is 1.41 bits per heavy atom. The summed E-state index contributed by atoms with van der Waals surface area (Å²) in [6, 6.07) is 5.66. The molecular formula is C12H13BrCl2FN. The van der Waals surface area contributed by atoms with Gasteiger partial charge in [-0.3, -0.25) is 0 Å². The summed E-state index contributed by atoms with van der Waals surface area (Å²) in [5, 5.41) is 3.86.